The van der Waals surface area contributed by atoms with E-state index in [1.165, 1.54) is 3.97 Å². The number of pyridine rings is 1. The number of aromatic nitrogens is 2. The van der Waals surface area contributed by atoms with Gasteiger partial charge >= 0.3 is 0 Å². The van der Waals surface area contributed by atoms with Crippen molar-refractivity contribution in [3.63, 3.8) is 0 Å². The summed E-state index contributed by atoms with van der Waals surface area (Å²) in [5.74, 6) is 0. The predicted octanol–water partition coefficient (Wildman–Crippen LogP) is 2.49. The third-order valence-electron chi connectivity index (χ3n) is 3.48. The van der Waals surface area contributed by atoms with Crippen molar-refractivity contribution in [1.29, 1.82) is 0 Å². The largest absolute Gasteiger partial charge is 0.249 e. The monoisotopic (exact) mass is 274 g/mol. The first kappa shape index (κ1) is 12.2. The van der Waals surface area contributed by atoms with Crippen LogP contribution in [0.5, 0.6) is 0 Å². The number of rotatable bonds is 2. The van der Waals surface area contributed by atoms with E-state index in [1.54, 1.807) is 43.6 Å². The van der Waals surface area contributed by atoms with Crippen LogP contribution in [0.1, 0.15) is 13.3 Å². The molecule has 0 aliphatic heterocycles. The van der Waals surface area contributed by atoms with Gasteiger partial charge in [-0.15, -0.1) is 0 Å². The lowest BCUT2D eigenvalue weighted by atomic mass is 10.0. The molecule has 0 saturated heterocycles. The van der Waals surface area contributed by atoms with E-state index >= 15 is 0 Å². The molecule has 0 radical (unpaired) electrons. The molecule has 3 rings (SSSR count). The first-order valence-electron chi connectivity index (χ1n) is 6.06. The summed E-state index contributed by atoms with van der Waals surface area (Å²) in [6.45, 7) is 1.73. The smallest absolute Gasteiger partial charge is 0.237 e. The zero-order valence-electron chi connectivity index (χ0n) is 10.5. The predicted molar refractivity (Wildman–Crippen MR) is 75.4 cm³/mol. The van der Waals surface area contributed by atoms with Crippen molar-refractivity contribution in [2.45, 2.75) is 18.1 Å². The Morgan fingerprint density at radius 3 is 2.89 bits per heavy atom. The quantitative estimate of drug-likeness (QED) is 0.845. The van der Waals surface area contributed by atoms with Crippen molar-refractivity contribution in [2.75, 3.05) is 0 Å². The molecule has 1 unspecified atom stereocenters. The summed E-state index contributed by atoms with van der Waals surface area (Å²) in [7, 11) is -3.53. The lowest BCUT2D eigenvalue weighted by molar-refractivity contribution is 0.554. The van der Waals surface area contributed by atoms with Gasteiger partial charge in [0.2, 0.25) is 10.0 Å². The molecule has 4 nitrogen and oxygen atoms in total. The Labute approximate surface area is 112 Å². The maximum Gasteiger partial charge on any atom is 0.249 e. The SMILES string of the molecule is CC1(S(=O)(=O)n2ccc3cccnc32)C=CC=CC1. The number of hydrogen-bond acceptors (Lipinski definition) is 3. The van der Waals surface area contributed by atoms with Gasteiger partial charge in [0.15, 0.2) is 5.65 Å². The van der Waals surface area contributed by atoms with Crippen LogP contribution in [0.25, 0.3) is 11.0 Å². The topological polar surface area (TPSA) is 52.0 Å². The minimum absolute atomic E-state index is 0.471. The Morgan fingerprint density at radius 2 is 2.16 bits per heavy atom. The van der Waals surface area contributed by atoms with Gasteiger partial charge in [0.1, 0.15) is 4.75 Å². The third kappa shape index (κ3) is 1.73. The van der Waals surface area contributed by atoms with E-state index in [2.05, 4.69) is 4.98 Å². The van der Waals surface area contributed by atoms with Crippen LogP contribution in [0.3, 0.4) is 0 Å². The summed E-state index contributed by atoms with van der Waals surface area (Å²) in [4.78, 5) is 4.18. The van der Waals surface area contributed by atoms with Crippen LogP contribution in [-0.4, -0.2) is 22.1 Å². The summed E-state index contributed by atoms with van der Waals surface area (Å²) < 4.78 is 26.0. The van der Waals surface area contributed by atoms with Crippen LogP contribution in [0, 0.1) is 0 Å². The molecule has 0 fully saturated rings. The summed E-state index contributed by atoms with van der Waals surface area (Å²) in [5.41, 5.74) is 0.478. The van der Waals surface area contributed by atoms with Gasteiger partial charge in [-0.2, -0.15) is 0 Å². The number of hydrogen-bond donors (Lipinski definition) is 0. The summed E-state index contributed by atoms with van der Waals surface area (Å²) in [6, 6.07) is 5.42. The Balaban J connectivity index is 2.20. The van der Waals surface area contributed by atoms with E-state index in [0.717, 1.165) is 5.39 Å². The number of nitrogens with zero attached hydrogens (tertiary/aromatic N) is 2. The second kappa shape index (κ2) is 4.06. The molecule has 2 aromatic rings. The summed E-state index contributed by atoms with van der Waals surface area (Å²) >= 11 is 0. The molecule has 2 aromatic heterocycles. The van der Waals surface area contributed by atoms with E-state index in [1.807, 2.05) is 18.2 Å². The van der Waals surface area contributed by atoms with Gasteiger partial charge < -0.3 is 0 Å². The van der Waals surface area contributed by atoms with Gasteiger partial charge in [0.05, 0.1) is 0 Å². The molecular weight excluding hydrogens is 260 g/mol. The fraction of sp³-hybridized carbons (Fsp3) is 0.214. The fourth-order valence-electron chi connectivity index (χ4n) is 2.26. The maximum absolute atomic E-state index is 12.8. The van der Waals surface area contributed by atoms with E-state index in [0.29, 0.717) is 12.1 Å². The normalized spacial score (nSPS) is 23.0. The van der Waals surface area contributed by atoms with E-state index < -0.39 is 14.8 Å². The molecule has 5 heteroatoms. The highest BCUT2D eigenvalue weighted by atomic mass is 32.2. The van der Waals surface area contributed by atoms with Gasteiger partial charge in [0.25, 0.3) is 0 Å². The fourth-order valence-corrected chi connectivity index (χ4v) is 3.87. The molecule has 2 heterocycles. The molecule has 19 heavy (non-hydrogen) atoms. The van der Waals surface area contributed by atoms with Crippen molar-refractivity contribution in [2.24, 2.45) is 0 Å². The molecule has 1 aliphatic rings. The van der Waals surface area contributed by atoms with Gasteiger partial charge in [-0.05, 0) is 31.5 Å². The van der Waals surface area contributed by atoms with Crippen molar-refractivity contribution >= 4 is 21.1 Å². The Hall–Kier alpha value is -1.88. The average molecular weight is 274 g/mol. The second-order valence-corrected chi connectivity index (χ2v) is 7.11. The second-order valence-electron chi connectivity index (χ2n) is 4.84. The molecule has 0 N–H and O–H groups in total. The summed E-state index contributed by atoms with van der Waals surface area (Å²) in [5, 5.41) is 0.824. The molecule has 0 saturated carbocycles. The van der Waals surface area contributed by atoms with Crippen LogP contribution in [0.4, 0.5) is 0 Å². The van der Waals surface area contributed by atoms with Crippen LogP contribution in [-0.2, 0) is 10.0 Å². The molecule has 1 atom stereocenters. The van der Waals surface area contributed by atoms with Crippen LogP contribution in [0.15, 0.2) is 54.9 Å². The van der Waals surface area contributed by atoms with E-state index in [-0.39, 0.29) is 0 Å². The standard InChI is InChI=1S/C14H14N2O2S/c1-14(8-3-2-4-9-14)19(17,18)16-11-7-12-6-5-10-15-13(12)16/h2-8,10-11H,9H2,1H3. The van der Waals surface area contributed by atoms with Crippen LogP contribution in [0.2, 0.25) is 0 Å². The highest BCUT2D eigenvalue weighted by molar-refractivity contribution is 7.91. The molecule has 0 amide bonds. The highest BCUT2D eigenvalue weighted by Gasteiger charge is 2.38. The highest BCUT2D eigenvalue weighted by Crippen LogP contribution is 2.30. The lowest BCUT2D eigenvalue weighted by Gasteiger charge is -2.26. The first-order chi connectivity index (χ1) is 9.05. The molecular formula is C14H14N2O2S. The van der Waals surface area contributed by atoms with E-state index in [9.17, 15) is 8.42 Å². The van der Waals surface area contributed by atoms with Crippen LogP contribution >= 0.6 is 0 Å². The van der Waals surface area contributed by atoms with Gasteiger partial charge in [-0.1, -0.05) is 24.3 Å². The number of fused-ring (bicyclic) bond motifs is 1. The van der Waals surface area contributed by atoms with Gasteiger partial charge in [-0.25, -0.2) is 17.4 Å². The van der Waals surface area contributed by atoms with E-state index in [4.69, 9.17) is 0 Å². The summed E-state index contributed by atoms with van der Waals surface area (Å²) in [6.07, 6.45) is 10.9. The minimum atomic E-state index is -3.53. The molecule has 0 bridgehead atoms. The zero-order chi connectivity index (χ0) is 13.5. The van der Waals surface area contributed by atoms with Gasteiger partial charge in [0, 0.05) is 17.8 Å². The van der Waals surface area contributed by atoms with Crippen molar-refractivity contribution in [1.82, 2.24) is 8.96 Å². The Kier molecular flexibility index (Phi) is 2.60. The van der Waals surface area contributed by atoms with Crippen molar-refractivity contribution in [3.05, 3.63) is 54.9 Å². The minimum Gasteiger partial charge on any atom is -0.237 e. The molecule has 0 aromatic carbocycles. The first-order valence-corrected chi connectivity index (χ1v) is 7.50. The number of allylic oxidation sites excluding steroid dienone is 3. The average Bonchev–Trinajstić information content (AvgIpc) is 2.84. The molecule has 0 spiro atoms. The maximum atomic E-state index is 12.8. The lowest BCUT2D eigenvalue weighted by Crippen LogP contribution is -2.37. The van der Waals surface area contributed by atoms with Crippen molar-refractivity contribution < 1.29 is 8.42 Å². The molecule has 1 aliphatic carbocycles. The Morgan fingerprint density at radius 1 is 1.32 bits per heavy atom. The van der Waals surface area contributed by atoms with Crippen molar-refractivity contribution in [3.8, 4) is 0 Å². The third-order valence-corrected chi connectivity index (χ3v) is 5.78. The van der Waals surface area contributed by atoms with Crippen LogP contribution < -0.4 is 0 Å². The molecule has 98 valence electrons. The van der Waals surface area contributed by atoms with Gasteiger partial charge in [-0.3, -0.25) is 0 Å². The zero-order valence-corrected chi connectivity index (χ0v) is 11.3. The Bertz CT molecular complexity index is 787.